The number of imide groups is 1. The maximum Gasteiger partial charge on any atom is 0.376 e. The molecule has 0 aliphatic carbocycles. The molecule has 0 fully saturated rings. The zero-order valence-electron chi connectivity index (χ0n) is 7.35. The first-order valence-electron chi connectivity index (χ1n) is 3.71. The number of carbonyl (C=O) groups excluding carboxylic acids is 4. The third-order valence-corrected chi connectivity index (χ3v) is 1.62. The Bertz CT molecular complexity index is 326. The maximum atomic E-state index is 11.0. The van der Waals surface area contributed by atoms with Gasteiger partial charge in [-0.2, -0.15) is 0 Å². The lowest BCUT2D eigenvalue weighted by Crippen LogP contribution is -2.38. The molecule has 0 spiro atoms. The van der Waals surface area contributed by atoms with E-state index in [4.69, 9.17) is 0 Å². The van der Waals surface area contributed by atoms with Crippen LogP contribution < -0.4 is 0 Å². The second-order valence-corrected chi connectivity index (χ2v) is 2.51. The van der Waals surface area contributed by atoms with Crippen LogP contribution in [0.3, 0.4) is 0 Å². The van der Waals surface area contributed by atoms with E-state index < -0.39 is 30.1 Å². The highest BCUT2D eigenvalue weighted by Gasteiger charge is 2.28. The van der Waals surface area contributed by atoms with E-state index in [0.717, 1.165) is 19.3 Å². The molecule has 2 amide bonds. The molecule has 0 N–H and O–H groups in total. The summed E-state index contributed by atoms with van der Waals surface area (Å²) in [5.74, 6) is -3.21. The molecule has 1 aliphatic heterocycles. The van der Waals surface area contributed by atoms with Crippen LogP contribution >= 0.6 is 0 Å². The van der Waals surface area contributed by atoms with Gasteiger partial charge in [0, 0.05) is 12.2 Å². The van der Waals surface area contributed by atoms with Crippen LogP contribution in [0.4, 0.5) is 0 Å². The van der Waals surface area contributed by atoms with Crippen molar-refractivity contribution in [3.63, 3.8) is 0 Å². The van der Waals surface area contributed by atoms with E-state index in [9.17, 15) is 19.2 Å². The van der Waals surface area contributed by atoms with Gasteiger partial charge in [-0.1, -0.05) is 0 Å². The molecule has 0 unspecified atom stereocenters. The Morgan fingerprint density at radius 3 is 2.21 bits per heavy atom. The largest absolute Gasteiger partial charge is 0.463 e. The number of ether oxygens (including phenoxy) is 1. The minimum Gasteiger partial charge on any atom is -0.463 e. The van der Waals surface area contributed by atoms with Gasteiger partial charge in [-0.05, 0) is 0 Å². The van der Waals surface area contributed by atoms with Crippen LogP contribution in [0.15, 0.2) is 12.2 Å². The molecule has 74 valence electrons. The van der Waals surface area contributed by atoms with Gasteiger partial charge < -0.3 is 4.74 Å². The summed E-state index contributed by atoms with van der Waals surface area (Å²) >= 11 is 0. The summed E-state index contributed by atoms with van der Waals surface area (Å²) in [5, 5.41) is 0. The van der Waals surface area contributed by atoms with Crippen LogP contribution in [0.5, 0.6) is 0 Å². The van der Waals surface area contributed by atoms with E-state index in [1.807, 2.05) is 0 Å². The zero-order chi connectivity index (χ0) is 10.7. The van der Waals surface area contributed by atoms with Crippen LogP contribution in [0, 0.1) is 0 Å². The fraction of sp³-hybridized carbons (Fsp3) is 0.250. The second kappa shape index (κ2) is 3.82. The van der Waals surface area contributed by atoms with Crippen molar-refractivity contribution in [2.45, 2.75) is 0 Å². The van der Waals surface area contributed by atoms with Gasteiger partial charge in [0.15, 0.2) is 0 Å². The monoisotopic (exact) mass is 197 g/mol. The topological polar surface area (TPSA) is 80.8 Å². The molecule has 0 bridgehead atoms. The predicted octanol–water partition coefficient (Wildman–Crippen LogP) is -1.35. The van der Waals surface area contributed by atoms with Gasteiger partial charge in [0.05, 0.1) is 13.7 Å². The Morgan fingerprint density at radius 2 is 1.79 bits per heavy atom. The molecule has 0 aromatic carbocycles. The average molecular weight is 197 g/mol. The Kier molecular flexibility index (Phi) is 2.76. The molecule has 0 radical (unpaired) electrons. The van der Waals surface area contributed by atoms with Crippen molar-refractivity contribution in [3.8, 4) is 0 Å². The quantitative estimate of drug-likeness (QED) is 0.317. The Balaban J connectivity index is 2.62. The first-order valence-corrected chi connectivity index (χ1v) is 3.71. The van der Waals surface area contributed by atoms with Crippen molar-refractivity contribution < 1.29 is 23.9 Å². The molecule has 6 heteroatoms. The fourth-order valence-corrected chi connectivity index (χ4v) is 0.909. The van der Waals surface area contributed by atoms with Crippen molar-refractivity contribution in [1.82, 2.24) is 4.90 Å². The number of Topliss-reactive ketones (excluding diaryl/α,β-unsaturated/α-hetero) is 1. The molecule has 1 rings (SSSR count). The van der Waals surface area contributed by atoms with Crippen LogP contribution in [-0.2, 0) is 23.9 Å². The Labute approximate surface area is 79.1 Å². The first kappa shape index (κ1) is 10.1. The van der Waals surface area contributed by atoms with E-state index >= 15 is 0 Å². The molecule has 14 heavy (non-hydrogen) atoms. The molecule has 0 saturated heterocycles. The van der Waals surface area contributed by atoms with Gasteiger partial charge in [0.25, 0.3) is 17.6 Å². The van der Waals surface area contributed by atoms with Crippen molar-refractivity contribution in [2.24, 2.45) is 0 Å². The fourth-order valence-electron chi connectivity index (χ4n) is 0.909. The highest BCUT2D eigenvalue weighted by Crippen LogP contribution is 2.02. The number of ketones is 1. The number of nitrogens with zero attached hydrogens (tertiary/aromatic N) is 1. The van der Waals surface area contributed by atoms with Gasteiger partial charge in [0.2, 0.25) is 0 Å². The average Bonchev–Trinajstić information content (AvgIpc) is 2.48. The van der Waals surface area contributed by atoms with E-state index in [-0.39, 0.29) is 0 Å². The van der Waals surface area contributed by atoms with Crippen molar-refractivity contribution in [2.75, 3.05) is 13.7 Å². The summed E-state index contributed by atoms with van der Waals surface area (Å²) in [5.41, 5.74) is 0. The highest BCUT2D eigenvalue weighted by atomic mass is 16.5. The summed E-state index contributed by atoms with van der Waals surface area (Å²) in [6.45, 7) is -0.572. The second-order valence-electron chi connectivity index (χ2n) is 2.51. The minimum absolute atomic E-state index is 0.572. The lowest BCUT2D eigenvalue weighted by atomic mass is 10.3. The van der Waals surface area contributed by atoms with Crippen molar-refractivity contribution in [3.05, 3.63) is 12.2 Å². The van der Waals surface area contributed by atoms with Gasteiger partial charge in [-0.25, -0.2) is 4.79 Å². The van der Waals surface area contributed by atoms with Crippen LogP contribution in [0.2, 0.25) is 0 Å². The smallest absolute Gasteiger partial charge is 0.376 e. The summed E-state index contributed by atoms with van der Waals surface area (Å²) in [7, 11) is 1.05. The molecule has 0 atom stereocenters. The van der Waals surface area contributed by atoms with Gasteiger partial charge in [-0.3, -0.25) is 19.3 Å². The third kappa shape index (κ3) is 1.85. The SMILES string of the molecule is COC(=O)C(=O)CN1C(=O)C=CC1=O. The van der Waals surface area contributed by atoms with E-state index in [2.05, 4.69) is 4.74 Å². The summed E-state index contributed by atoms with van der Waals surface area (Å²) in [4.78, 5) is 44.2. The Hall–Kier alpha value is -1.98. The van der Waals surface area contributed by atoms with Crippen molar-refractivity contribution >= 4 is 23.6 Å². The van der Waals surface area contributed by atoms with E-state index in [0.29, 0.717) is 4.90 Å². The molecule has 1 aliphatic rings. The maximum absolute atomic E-state index is 11.0. The number of rotatable bonds is 3. The highest BCUT2D eigenvalue weighted by molar-refractivity contribution is 6.35. The van der Waals surface area contributed by atoms with Crippen LogP contribution in [-0.4, -0.2) is 42.1 Å². The number of hydrogen-bond donors (Lipinski definition) is 0. The summed E-state index contributed by atoms with van der Waals surface area (Å²) < 4.78 is 4.13. The van der Waals surface area contributed by atoms with Crippen LogP contribution in [0.25, 0.3) is 0 Å². The molecular weight excluding hydrogens is 190 g/mol. The standard InChI is InChI=1S/C8H7NO5/c1-14-8(13)5(10)4-9-6(11)2-3-7(9)12/h2-3H,4H2,1H3. The third-order valence-electron chi connectivity index (χ3n) is 1.62. The predicted molar refractivity (Wildman–Crippen MR) is 42.9 cm³/mol. The van der Waals surface area contributed by atoms with Gasteiger partial charge in [-0.15, -0.1) is 0 Å². The van der Waals surface area contributed by atoms with Gasteiger partial charge >= 0.3 is 5.97 Å². The molecule has 0 aromatic heterocycles. The molecule has 6 nitrogen and oxygen atoms in total. The molecule has 0 aromatic rings. The number of carbonyl (C=O) groups is 4. The number of esters is 1. The van der Waals surface area contributed by atoms with Crippen molar-refractivity contribution in [1.29, 1.82) is 0 Å². The van der Waals surface area contributed by atoms with Gasteiger partial charge in [0.1, 0.15) is 0 Å². The zero-order valence-corrected chi connectivity index (χ0v) is 7.35. The number of hydrogen-bond acceptors (Lipinski definition) is 5. The lowest BCUT2D eigenvalue weighted by Gasteiger charge is -2.10. The normalized spacial score (nSPS) is 14.8. The minimum atomic E-state index is -1.07. The molecular formula is C8H7NO5. The van der Waals surface area contributed by atoms with Crippen LogP contribution in [0.1, 0.15) is 0 Å². The Morgan fingerprint density at radius 1 is 1.29 bits per heavy atom. The number of amides is 2. The molecule has 1 heterocycles. The number of methoxy groups -OCH3 is 1. The molecule has 0 saturated carbocycles. The van der Waals surface area contributed by atoms with E-state index in [1.54, 1.807) is 0 Å². The first-order chi connectivity index (χ1) is 6.56. The summed E-state index contributed by atoms with van der Waals surface area (Å²) in [6, 6.07) is 0. The summed E-state index contributed by atoms with van der Waals surface area (Å²) in [6.07, 6.45) is 2.07. The van der Waals surface area contributed by atoms with E-state index in [1.165, 1.54) is 0 Å². The lowest BCUT2D eigenvalue weighted by molar-refractivity contribution is -0.153.